The summed E-state index contributed by atoms with van der Waals surface area (Å²) in [6.45, 7) is 0.695. The lowest BCUT2D eigenvalue weighted by atomic mass is 10.1. The maximum absolute atomic E-state index is 12.7. The highest BCUT2D eigenvalue weighted by molar-refractivity contribution is 7.99. The van der Waals surface area contributed by atoms with Crippen molar-refractivity contribution in [3.05, 3.63) is 46.2 Å². The zero-order valence-electron chi connectivity index (χ0n) is 14.9. The van der Waals surface area contributed by atoms with Gasteiger partial charge in [0.25, 0.3) is 0 Å². The largest absolute Gasteiger partial charge is 0.496 e. The molecule has 1 fully saturated rings. The standard InChI is InChI=1S/C19H21NO4S2/c1-22-15-12-17(24-3)16(23-2)11-14(15)19-20(8-10-26-19)18(21)7-6-13-5-4-9-25-13/h4-7,9,11-12,19H,8,10H2,1-3H3/b7-6+. The van der Waals surface area contributed by atoms with Gasteiger partial charge in [-0.05, 0) is 23.6 Å². The van der Waals surface area contributed by atoms with Crippen molar-refractivity contribution in [3.63, 3.8) is 0 Å². The van der Waals surface area contributed by atoms with Crippen LogP contribution in [0.5, 0.6) is 17.2 Å². The summed E-state index contributed by atoms with van der Waals surface area (Å²) in [5, 5.41) is 1.87. The van der Waals surface area contributed by atoms with E-state index < -0.39 is 0 Å². The molecule has 26 heavy (non-hydrogen) atoms. The molecule has 1 saturated heterocycles. The third kappa shape index (κ3) is 3.83. The number of hydrogen-bond donors (Lipinski definition) is 0. The summed E-state index contributed by atoms with van der Waals surface area (Å²) in [6, 6.07) is 7.65. The van der Waals surface area contributed by atoms with Gasteiger partial charge in [-0.15, -0.1) is 23.1 Å². The number of rotatable bonds is 6. The molecule has 1 aromatic heterocycles. The lowest BCUT2D eigenvalue weighted by Gasteiger charge is -2.25. The van der Waals surface area contributed by atoms with Crippen molar-refractivity contribution in [2.75, 3.05) is 33.6 Å². The molecule has 3 rings (SSSR count). The first-order chi connectivity index (χ1) is 12.7. The van der Waals surface area contributed by atoms with Crippen LogP contribution in [-0.2, 0) is 4.79 Å². The summed E-state index contributed by atoms with van der Waals surface area (Å²) in [5.74, 6) is 2.78. The van der Waals surface area contributed by atoms with Crippen LogP contribution in [0.2, 0.25) is 0 Å². The highest BCUT2D eigenvalue weighted by Gasteiger charge is 2.32. The molecule has 0 aliphatic carbocycles. The van der Waals surface area contributed by atoms with Crippen molar-refractivity contribution in [3.8, 4) is 17.2 Å². The van der Waals surface area contributed by atoms with Gasteiger partial charge in [-0.2, -0.15) is 0 Å². The molecule has 0 radical (unpaired) electrons. The molecule has 0 N–H and O–H groups in total. The molecule has 1 unspecified atom stereocenters. The Morgan fingerprint density at radius 3 is 2.54 bits per heavy atom. The fourth-order valence-electron chi connectivity index (χ4n) is 2.83. The number of methoxy groups -OCH3 is 3. The predicted molar refractivity (Wildman–Crippen MR) is 106 cm³/mol. The Labute approximate surface area is 161 Å². The number of benzene rings is 1. The van der Waals surface area contributed by atoms with Crippen molar-refractivity contribution in [2.45, 2.75) is 5.37 Å². The average molecular weight is 392 g/mol. The lowest BCUT2D eigenvalue weighted by Crippen LogP contribution is -2.29. The van der Waals surface area contributed by atoms with E-state index in [-0.39, 0.29) is 11.3 Å². The van der Waals surface area contributed by atoms with Gasteiger partial charge in [-0.1, -0.05) is 6.07 Å². The van der Waals surface area contributed by atoms with Crippen LogP contribution < -0.4 is 14.2 Å². The number of hydrogen-bond acceptors (Lipinski definition) is 6. The Kier molecular flexibility index (Phi) is 6.11. The zero-order chi connectivity index (χ0) is 18.5. The van der Waals surface area contributed by atoms with Crippen LogP contribution in [0.4, 0.5) is 0 Å². The molecule has 7 heteroatoms. The van der Waals surface area contributed by atoms with Crippen molar-refractivity contribution >= 4 is 35.1 Å². The topological polar surface area (TPSA) is 48.0 Å². The van der Waals surface area contributed by atoms with Gasteiger partial charge in [-0.3, -0.25) is 4.79 Å². The van der Waals surface area contributed by atoms with Gasteiger partial charge >= 0.3 is 0 Å². The first kappa shape index (κ1) is 18.7. The number of thiophene rings is 1. The van der Waals surface area contributed by atoms with E-state index in [0.29, 0.717) is 23.8 Å². The van der Waals surface area contributed by atoms with Crippen molar-refractivity contribution < 1.29 is 19.0 Å². The fourth-order valence-corrected chi connectivity index (χ4v) is 4.73. The van der Waals surface area contributed by atoms with Gasteiger partial charge in [0, 0.05) is 34.9 Å². The van der Waals surface area contributed by atoms with Crippen LogP contribution in [0.15, 0.2) is 35.7 Å². The second-order valence-electron chi connectivity index (χ2n) is 5.55. The van der Waals surface area contributed by atoms with E-state index in [1.807, 2.05) is 34.6 Å². The van der Waals surface area contributed by atoms with Crippen LogP contribution in [0, 0.1) is 0 Å². The van der Waals surface area contributed by atoms with Crippen LogP contribution in [0.3, 0.4) is 0 Å². The van der Waals surface area contributed by atoms with Crippen molar-refractivity contribution in [2.24, 2.45) is 0 Å². The van der Waals surface area contributed by atoms with Crippen LogP contribution in [0.25, 0.3) is 6.08 Å². The fraction of sp³-hybridized carbons (Fsp3) is 0.316. The Balaban J connectivity index is 1.88. The summed E-state index contributed by atoms with van der Waals surface area (Å²) in [7, 11) is 4.81. The Bertz CT molecular complexity index is 789. The Morgan fingerprint density at radius 1 is 1.15 bits per heavy atom. The number of carbonyl (C=O) groups is 1. The molecule has 1 atom stereocenters. The summed E-state index contributed by atoms with van der Waals surface area (Å²) < 4.78 is 16.3. The van der Waals surface area contributed by atoms with E-state index in [1.54, 1.807) is 56.6 Å². The van der Waals surface area contributed by atoms with E-state index in [4.69, 9.17) is 14.2 Å². The molecule has 5 nitrogen and oxygen atoms in total. The Hall–Kier alpha value is -2.12. The van der Waals surface area contributed by atoms with Gasteiger partial charge in [0.05, 0.1) is 21.3 Å². The first-order valence-corrected chi connectivity index (χ1v) is 10.0. The lowest BCUT2D eigenvalue weighted by molar-refractivity contribution is -0.126. The SMILES string of the molecule is COc1cc(OC)c(C2SCCN2C(=O)/C=C/c2cccs2)cc1OC. The molecule has 138 valence electrons. The number of carbonyl (C=O) groups excluding carboxylic acids is 1. The predicted octanol–water partition coefficient (Wildman–Crippen LogP) is 4.06. The van der Waals surface area contributed by atoms with E-state index >= 15 is 0 Å². The summed E-state index contributed by atoms with van der Waals surface area (Å²) >= 11 is 3.32. The minimum Gasteiger partial charge on any atom is -0.496 e. The number of nitrogens with zero attached hydrogens (tertiary/aromatic N) is 1. The van der Waals surface area contributed by atoms with Gasteiger partial charge in [-0.25, -0.2) is 0 Å². The van der Waals surface area contributed by atoms with Gasteiger partial charge in [0.1, 0.15) is 11.1 Å². The third-order valence-electron chi connectivity index (χ3n) is 4.11. The molecule has 1 amide bonds. The van der Waals surface area contributed by atoms with Crippen molar-refractivity contribution in [1.82, 2.24) is 4.90 Å². The molecule has 1 aromatic carbocycles. The van der Waals surface area contributed by atoms with Crippen LogP contribution >= 0.6 is 23.1 Å². The maximum Gasteiger partial charge on any atom is 0.247 e. The molecular weight excluding hydrogens is 370 g/mol. The van der Waals surface area contributed by atoms with Crippen molar-refractivity contribution in [1.29, 1.82) is 0 Å². The third-order valence-corrected chi connectivity index (χ3v) is 6.19. The highest BCUT2D eigenvalue weighted by Crippen LogP contribution is 2.46. The smallest absolute Gasteiger partial charge is 0.247 e. The van der Waals surface area contributed by atoms with Gasteiger partial charge in [0.2, 0.25) is 5.91 Å². The zero-order valence-corrected chi connectivity index (χ0v) is 16.6. The second kappa shape index (κ2) is 8.51. The van der Waals surface area contributed by atoms with E-state index in [0.717, 1.165) is 16.2 Å². The average Bonchev–Trinajstić information content (AvgIpc) is 3.36. The molecule has 2 aromatic rings. The second-order valence-corrected chi connectivity index (χ2v) is 7.72. The monoisotopic (exact) mass is 391 g/mol. The molecule has 1 aliphatic heterocycles. The summed E-state index contributed by atoms with van der Waals surface area (Å²) in [6.07, 6.45) is 3.50. The van der Waals surface area contributed by atoms with E-state index in [1.165, 1.54) is 0 Å². The first-order valence-electron chi connectivity index (χ1n) is 8.11. The number of thioether (sulfide) groups is 1. The highest BCUT2D eigenvalue weighted by atomic mass is 32.2. The molecule has 2 heterocycles. The van der Waals surface area contributed by atoms with E-state index in [2.05, 4.69) is 0 Å². The Morgan fingerprint density at radius 2 is 1.88 bits per heavy atom. The quantitative estimate of drug-likeness (QED) is 0.695. The molecule has 1 aliphatic rings. The minimum absolute atomic E-state index is 0.00904. The van der Waals surface area contributed by atoms with Gasteiger partial charge < -0.3 is 19.1 Å². The summed E-state index contributed by atoms with van der Waals surface area (Å²) in [4.78, 5) is 15.7. The minimum atomic E-state index is -0.120. The number of ether oxygens (including phenoxy) is 3. The van der Waals surface area contributed by atoms with Crippen LogP contribution in [-0.4, -0.2) is 44.4 Å². The number of amides is 1. The van der Waals surface area contributed by atoms with E-state index in [9.17, 15) is 4.79 Å². The molecule has 0 bridgehead atoms. The van der Waals surface area contributed by atoms with Gasteiger partial charge in [0.15, 0.2) is 11.5 Å². The normalized spacial score (nSPS) is 16.9. The molecule has 0 saturated carbocycles. The molecular formula is C19H21NO4S2. The van der Waals surface area contributed by atoms with Crippen LogP contribution in [0.1, 0.15) is 15.8 Å². The molecule has 0 spiro atoms. The summed E-state index contributed by atoms with van der Waals surface area (Å²) in [5.41, 5.74) is 0.908. The maximum atomic E-state index is 12.7.